The van der Waals surface area contributed by atoms with Gasteiger partial charge in [0.25, 0.3) is 5.70 Å². The highest BCUT2D eigenvalue weighted by atomic mass is 16.4. The van der Waals surface area contributed by atoms with Gasteiger partial charge in [0.1, 0.15) is 11.5 Å². The molecule has 1 N–H and O–H groups in total. The van der Waals surface area contributed by atoms with E-state index >= 15 is 0 Å². The number of fused-ring (bicyclic) bond motifs is 3. The maximum Gasteiger partial charge on any atom is 0.333 e. The molecular formula is C39H32N2O3. The molecule has 0 spiro atoms. The molecule has 4 aromatic carbocycles. The number of rotatable bonds is 9. The summed E-state index contributed by atoms with van der Waals surface area (Å²) in [6.45, 7) is 11.6. The molecule has 6 rings (SSSR count). The molecule has 1 aliphatic carbocycles. The highest BCUT2D eigenvalue weighted by Crippen LogP contribution is 2.54. The fourth-order valence-electron chi connectivity index (χ4n) is 6.35. The minimum absolute atomic E-state index is 0.126. The lowest BCUT2D eigenvalue weighted by atomic mass is 9.73. The molecule has 0 aliphatic heterocycles. The predicted molar refractivity (Wildman–Crippen MR) is 178 cm³/mol. The van der Waals surface area contributed by atoms with Crippen molar-refractivity contribution in [1.29, 1.82) is 0 Å². The molecule has 0 radical (unpaired) electrons. The lowest BCUT2D eigenvalue weighted by molar-refractivity contribution is -0.132. The summed E-state index contributed by atoms with van der Waals surface area (Å²) in [6.07, 6.45) is 7.06. The van der Waals surface area contributed by atoms with Gasteiger partial charge in [-0.2, -0.15) is 0 Å². The minimum atomic E-state index is -1.28. The fourth-order valence-corrected chi connectivity index (χ4v) is 6.35. The number of para-hydroxylation sites is 2. The van der Waals surface area contributed by atoms with Crippen LogP contribution in [0.4, 0.5) is 17.1 Å². The van der Waals surface area contributed by atoms with Crippen LogP contribution in [0.3, 0.4) is 0 Å². The van der Waals surface area contributed by atoms with E-state index in [0.29, 0.717) is 11.5 Å². The van der Waals surface area contributed by atoms with Gasteiger partial charge < -0.3 is 14.4 Å². The number of benzene rings is 4. The summed E-state index contributed by atoms with van der Waals surface area (Å²) in [5, 5.41) is 9.12. The first-order chi connectivity index (χ1) is 21.5. The number of carboxylic acids is 1. The molecule has 0 saturated heterocycles. The SMILES string of the molecule is [C-]#[N+]C(=Cc1ccc(C=Cc2ccc3c(c2)C(CC)(CC)c2cc(N(c4ccccc4)c4ccccc4)ccc2-3)o1)C(=O)O. The molecule has 1 heterocycles. The van der Waals surface area contributed by atoms with E-state index < -0.39 is 5.97 Å². The largest absolute Gasteiger partial charge is 0.486 e. The second-order valence-electron chi connectivity index (χ2n) is 10.9. The summed E-state index contributed by atoms with van der Waals surface area (Å²) in [5.74, 6) is -0.365. The number of anilines is 3. The van der Waals surface area contributed by atoms with Crippen LogP contribution in [-0.2, 0) is 10.2 Å². The summed E-state index contributed by atoms with van der Waals surface area (Å²) in [7, 11) is 0. The number of carboxylic acid groups (broad SMARTS) is 1. The van der Waals surface area contributed by atoms with Gasteiger partial charge in [0.15, 0.2) is 0 Å². The summed E-state index contributed by atoms with van der Waals surface area (Å²) >= 11 is 0. The molecular weight excluding hydrogens is 544 g/mol. The highest BCUT2D eigenvalue weighted by molar-refractivity contribution is 5.93. The lowest BCUT2D eigenvalue weighted by Crippen LogP contribution is -2.23. The van der Waals surface area contributed by atoms with Gasteiger partial charge in [-0.15, -0.1) is 0 Å². The summed E-state index contributed by atoms with van der Waals surface area (Å²) in [4.78, 5) is 16.5. The molecule has 5 nitrogen and oxygen atoms in total. The van der Waals surface area contributed by atoms with E-state index in [1.807, 2.05) is 24.3 Å². The van der Waals surface area contributed by atoms with Crippen molar-refractivity contribution >= 4 is 41.3 Å². The molecule has 0 amide bonds. The van der Waals surface area contributed by atoms with Crippen LogP contribution in [0, 0.1) is 6.57 Å². The molecule has 0 atom stereocenters. The normalized spacial score (nSPS) is 13.3. The molecule has 216 valence electrons. The highest BCUT2D eigenvalue weighted by Gasteiger charge is 2.41. The van der Waals surface area contributed by atoms with Crippen molar-refractivity contribution in [2.45, 2.75) is 32.1 Å². The monoisotopic (exact) mass is 576 g/mol. The van der Waals surface area contributed by atoms with Crippen LogP contribution in [0.2, 0.25) is 0 Å². The summed E-state index contributed by atoms with van der Waals surface area (Å²) < 4.78 is 5.75. The Morgan fingerprint density at radius 3 is 1.95 bits per heavy atom. The van der Waals surface area contributed by atoms with Gasteiger partial charge in [0.2, 0.25) is 0 Å². The number of furan rings is 1. The summed E-state index contributed by atoms with van der Waals surface area (Å²) in [5.41, 5.74) is 9.13. The molecule has 5 heteroatoms. The third-order valence-corrected chi connectivity index (χ3v) is 8.57. The molecule has 0 fully saturated rings. The quantitative estimate of drug-likeness (QED) is 0.140. The number of aliphatic carboxylic acids is 1. The van der Waals surface area contributed by atoms with Crippen LogP contribution in [0.25, 0.3) is 34.2 Å². The first-order valence-corrected chi connectivity index (χ1v) is 14.8. The van der Waals surface area contributed by atoms with E-state index in [4.69, 9.17) is 16.1 Å². The zero-order valence-electron chi connectivity index (χ0n) is 24.7. The molecule has 0 unspecified atom stereocenters. The Kier molecular flexibility index (Phi) is 7.74. The second kappa shape index (κ2) is 11.9. The lowest BCUT2D eigenvalue weighted by Gasteiger charge is -2.32. The first kappa shape index (κ1) is 28.5. The number of carbonyl (C=O) groups is 1. The number of nitrogens with zero attached hydrogens (tertiary/aromatic N) is 2. The van der Waals surface area contributed by atoms with E-state index in [9.17, 15) is 4.79 Å². The third-order valence-electron chi connectivity index (χ3n) is 8.57. The van der Waals surface area contributed by atoms with Crippen molar-refractivity contribution in [3.8, 4) is 11.1 Å². The number of hydrogen-bond donors (Lipinski definition) is 1. The van der Waals surface area contributed by atoms with Gasteiger partial charge in [0, 0.05) is 22.5 Å². The van der Waals surface area contributed by atoms with E-state index in [0.717, 1.165) is 35.5 Å². The van der Waals surface area contributed by atoms with Crippen LogP contribution in [0.15, 0.2) is 119 Å². The zero-order chi connectivity index (χ0) is 30.7. The fraction of sp³-hybridized carbons (Fsp3) is 0.128. The van der Waals surface area contributed by atoms with Crippen LogP contribution in [-0.4, -0.2) is 11.1 Å². The van der Waals surface area contributed by atoms with Crippen LogP contribution < -0.4 is 4.90 Å². The van der Waals surface area contributed by atoms with Gasteiger partial charge in [-0.3, -0.25) is 4.79 Å². The second-order valence-corrected chi connectivity index (χ2v) is 10.9. The smallest absolute Gasteiger partial charge is 0.333 e. The Bertz CT molecular complexity index is 1880. The van der Waals surface area contributed by atoms with Gasteiger partial charge in [-0.05, 0) is 101 Å². The van der Waals surface area contributed by atoms with E-state index in [1.165, 1.54) is 28.3 Å². The van der Waals surface area contributed by atoms with Gasteiger partial charge >= 0.3 is 5.97 Å². The maximum absolute atomic E-state index is 11.2. The Labute approximate surface area is 257 Å². The summed E-state index contributed by atoms with van der Waals surface area (Å²) in [6, 6.07) is 37.9. The van der Waals surface area contributed by atoms with Crippen molar-refractivity contribution in [3.05, 3.63) is 155 Å². The molecule has 5 aromatic rings. The van der Waals surface area contributed by atoms with Crippen LogP contribution >= 0.6 is 0 Å². The van der Waals surface area contributed by atoms with Crippen molar-refractivity contribution in [1.82, 2.24) is 0 Å². The first-order valence-electron chi connectivity index (χ1n) is 14.8. The van der Waals surface area contributed by atoms with E-state index in [1.54, 1.807) is 12.1 Å². The predicted octanol–water partition coefficient (Wildman–Crippen LogP) is 10.4. The van der Waals surface area contributed by atoms with Crippen molar-refractivity contribution < 1.29 is 14.3 Å². The van der Waals surface area contributed by atoms with Crippen molar-refractivity contribution in [2.75, 3.05) is 4.90 Å². The molecule has 1 aromatic heterocycles. The standard InChI is InChI=1S/C39H32N2O3/c1-4-39(5-2)35-24-27(16-19-31-20-21-32(44-31)26-37(40-3)38(42)43)17-22-33(35)34-23-18-30(25-36(34)39)41(28-12-8-6-9-13-28)29-14-10-7-11-15-29/h6-26H,4-5H2,1-2H3,(H,42,43). The Balaban J connectivity index is 1.37. The molecule has 0 bridgehead atoms. The Morgan fingerprint density at radius 1 is 0.773 bits per heavy atom. The van der Waals surface area contributed by atoms with E-state index in [-0.39, 0.29) is 11.1 Å². The zero-order valence-corrected chi connectivity index (χ0v) is 24.7. The van der Waals surface area contributed by atoms with Gasteiger partial charge in [-0.1, -0.05) is 80.6 Å². The van der Waals surface area contributed by atoms with Crippen LogP contribution in [0.1, 0.15) is 54.9 Å². The maximum atomic E-state index is 11.2. The number of hydrogen-bond acceptors (Lipinski definition) is 3. The van der Waals surface area contributed by atoms with Gasteiger partial charge in [0.05, 0.1) is 6.57 Å². The van der Waals surface area contributed by atoms with Crippen molar-refractivity contribution in [3.63, 3.8) is 0 Å². The third kappa shape index (κ3) is 5.12. The van der Waals surface area contributed by atoms with Crippen molar-refractivity contribution in [2.24, 2.45) is 0 Å². The molecule has 44 heavy (non-hydrogen) atoms. The van der Waals surface area contributed by atoms with E-state index in [2.05, 4.69) is 109 Å². The topological polar surface area (TPSA) is 58.0 Å². The van der Waals surface area contributed by atoms with Gasteiger partial charge in [-0.25, -0.2) is 4.85 Å². The minimum Gasteiger partial charge on any atom is -0.486 e. The van der Waals surface area contributed by atoms with Crippen LogP contribution in [0.5, 0.6) is 0 Å². The Morgan fingerprint density at radius 2 is 1.36 bits per heavy atom. The molecule has 1 aliphatic rings. The average Bonchev–Trinajstić information content (AvgIpc) is 3.63. The molecule has 0 saturated carbocycles. The Hall–Kier alpha value is -5.60. The average molecular weight is 577 g/mol.